The molecule has 0 unspecified atom stereocenters. The monoisotopic (exact) mass is 355 g/mol. The Balaban J connectivity index is 1.88. The van der Waals surface area contributed by atoms with E-state index in [0.29, 0.717) is 25.3 Å². The lowest BCUT2D eigenvalue weighted by atomic mass is 9.75. The Hall–Kier alpha value is -2.63. The van der Waals surface area contributed by atoms with Crippen molar-refractivity contribution in [1.29, 1.82) is 0 Å². The van der Waals surface area contributed by atoms with E-state index in [9.17, 15) is 9.59 Å². The summed E-state index contributed by atoms with van der Waals surface area (Å²) < 4.78 is 5.55. The second-order valence-corrected chi connectivity index (χ2v) is 7.25. The molecule has 0 spiro atoms. The first kappa shape index (κ1) is 18.2. The third kappa shape index (κ3) is 3.64. The molecule has 1 aliphatic heterocycles. The van der Waals surface area contributed by atoms with Gasteiger partial charge in [-0.2, -0.15) is 0 Å². The number of likely N-dealkylation sites (tertiary alicyclic amines) is 1. The van der Waals surface area contributed by atoms with Crippen molar-refractivity contribution in [3.05, 3.63) is 42.2 Å². The van der Waals surface area contributed by atoms with Crippen molar-refractivity contribution in [1.82, 2.24) is 15.0 Å². The summed E-state index contributed by atoms with van der Waals surface area (Å²) in [5, 5.41) is 4.16. The summed E-state index contributed by atoms with van der Waals surface area (Å²) in [6.07, 6.45) is 1.97. The van der Waals surface area contributed by atoms with E-state index in [-0.39, 0.29) is 11.8 Å². The van der Waals surface area contributed by atoms with Crippen LogP contribution in [0, 0.1) is 5.41 Å². The van der Waals surface area contributed by atoms with Gasteiger partial charge >= 0.3 is 0 Å². The molecule has 2 heterocycles. The molecule has 1 aliphatic rings. The van der Waals surface area contributed by atoms with Crippen LogP contribution in [0.1, 0.15) is 25.5 Å². The van der Waals surface area contributed by atoms with Gasteiger partial charge in [0, 0.05) is 52.2 Å². The second kappa shape index (κ2) is 7.32. The predicted molar refractivity (Wildman–Crippen MR) is 98.3 cm³/mol. The van der Waals surface area contributed by atoms with Crippen LogP contribution >= 0.6 is 0 Å². The summed E-state index contributed by atoms with van der Waals surface area (Å²) in [6, 6.07) is 11.7. The lowest BCUT2D eigenvalue weighted by Crippen LogP contribution is -2.53. The van der Waals surface area contributed by atoms with Gasteiger partial charge in [0.15, 0.2) is 0 Å². The fourth-order valence-corrected chi connectivity index (χ4v) is 3.74. The van der Waals surface area contributed by atoms with Crippen LogP contribution in [0.5, 0.6) is 0 Å². The van der Waals surface area contributed by atoms with Crippen molar-refractivity contribution in [2.75, 3.05) is 27.2 Å². The fraction of sp³-hybridized carbons (Fsp3) is 0.450. The van der Waals surface area contributed by atoms with Crippen molar-refractivity contribution < 1.29 is 14.1 Å². The van der Waals surface area contributed by atoms with Crippen LogP contribution in [0.2, 0.25) is 0 Å². The Kier molecular flexibility index (Phi) is 5.11. The minimum atomic E-state index is -0.666. The molecule has 2 amide bonds. The molecular weight excluding hydrogens is 330 g/mol. The SMILES string of the molecule is CC(=O)N1CCC[C@](Cc2cc(-c3ccccc3)no2)(C(=O)N(C)C)C1. The Morgan fingerprint density at radius 3 is 2.65 bits per heavy atom. The number of carbonyl (C=O) groups is 2. The summed E-state index contributed by atoms with van der Waals surface area (Å²) >= 11 is 0. The van der Waals surface area contributed by atoms with E-state index in [4.69, 9.17) is 4.52 Å². The minimum absolute atomic E-state index is 0.00294. The Labute approximate surface area is 153 Å². The fourth-order valence-electron chi connectivity index (χ4n) is 3.74. The quantitative estimate of drug-likeness (QED) is 0.845. The van der Waals surface area contributed by atoms with Gasteiger partial charge in [-0.25, -0.2) is 0 Å². The molecule has 3 rings (SSSR count). The van der Waals surface area contributed by atoms with Crippen molar-refractivity contribution in [2.45, 2.75) is 26.2 Å². The lowest BCUT2D eigenvalue weighted by molar-refractivity contribution is -0.146. The van der Waals surface area contributed by atoms with Crippen molar-refractivity contribution in [2.24, 2.45) is 5.41 Å². The van der Waals surface area contributed by atoms with E-state index in [1.54, 1.807) is 30.8 Å². The highest BCUT2D eigenvalue weighted by atomic mass is 16.5. The minimum Gasteiger partial charge on any atom is -0.361 e. The molecule has 0 aliphatic carbocycles. The summed E-state index contributed by atoms with van der Waals surface area (Å²) in [4.78, 5) is 28.3. The maximum absolute atomic E-state index is 13.0. The molecule has 0 N–H and O–H groups in total. The first-order valence-corrected chi connectivity index (χ1v) is 8.89. The predicted octanol–water partition coefficient (Wildman–Crippen LogP) is 2.60. The number of benzene rings is 1. The maximum Gasteiger partial charge on any atom is 0.230 e. The maximum atomic E-state index is 13.0. The molecule has 0 bridgehead atoms. The topological polar surface area (TPSA) is 66.7 Å². The normalized spacial score (nSPS) is 20.0. The zero-order valence-electron chi connectivity index (χ0n) is 15.6. The van der Waals surface area contributed by atoms with Gasteiger partial charge in [-0.1, -0.05) is 35.5 Å². The third-order valence-corrected chi connectivity index (χ3v) is 5.02. The molecule has 1 aromatic heterocycles. The van der Waals surface area contributed by atoms with Crippen LogP contribution in [-0.4, -0.2) is 54.0 Å². The summed E-state index contributed by atoms with van der Waals surface area (Å²) in [5.41, 5.74) is 1.07. The van der Waals surface area contributed by atoms with Crippen molar-refractivity contribution in [3.8, 4) is 11.3 Å². The average Bonchev–Trinajstić information content (AvgIpc) is 3.10. The zero-order chi connectivity index (χ0) is 18.7. The van der Waals surface area contributed by atoms with Gasteiger partial charge in [0.05, 0.1) is 5.41 Å². The molecule has 6 heteroatoms. The lowest BCUT2D eigenvalue weighted by Gasteiger charge is -2.42. The molecule has 1 fully saturated rings. The number of hydrogen-bond acceptors (Lipinski definition) is 4. The van der Waals surface area contributed by atoms with Crippen LogP contribution in [0.25, 0.3) is 11.3 Å². The van der Waals surface area contributed by atoms with Crippen LogP contribution in [0.3, 0.4) is 0 Å². The Morgan fingerprint density at radius 1 is 1.27 bits per heavy atom. The molecule has 1 saturated heterocycles. The average molecular weight is 355 g/mol. The van der Waals surface area contributed by atoms with Gasteiger partial charge in [0.1, 0.15) is 11.5 Å². The number of aromatic nitrogens is 1. The summed E-state index contributed by atoms with van der Waals surface area (Å²) in [7, 11) is 3.51. The number of carbonyl (C=O) groups excluding carboxylic acids is 2. The van der Waals surface area contributed by atoms with Gasteiger partial charge in [-0.3, -0.25) is 9.59 Å². The van der Waals surface area contributed by atoms with Gasteiger partial charge in [-0.15, -0.1) is 0 Å². The Bertz CT molecular complexity index is 785. The molecule has 0 radical (unpaired) electrons. The van der Waals surface area contributed by atoms with E-state index >= 15 is 0 Å². The first-order valence-electron chi connectivity index (χ1n) is 8.89. The molecular formula is C20H25N3O3. The second-order valence-electron chi connectivity index (χ2n) is 7.25. The smallest absolute Gasteiger partial charge is 0.230 e. The van der Waals surface area contributed by atoms with Crippen LogP contribution < -0.4 is 0 Å². The highest BCUT2D eigenvalue weighted by molar-refractivity contribution is 5.84. The van der Waals surface area contributed by atoms with E-state index in [0.717, 1.165) is 24.1 Å². The van der Waals surface area contributed by atoms with Crippen LogP contribution in [-0.2, 0) is 16.0 Å². The molecule has 1 aromatic carbocycles. The van der Waals surface area contributed by atoms with E-state index in [1.165, 1.54) is 0 Å². The van der Waals surface area contributed by atoms with E-state index < -0.39 is 5.41 Å². The van der Waals surface area contributed by atoms with Crippen LogP contribution in [0.15, 0.2) is 40.9 Å². The molecule has 1 atom stereocenters. The number of nitrogens with zero attached hydrogens (tertiary/aromatic N) is 3. The van der Waals surface area contributed by atoms with Crippen molar-refractivity contribution >= 4 is 11.8 Å². The number of amides is 2. The third-order valence-electron chi connectivity index (χ3n) is 5.02. The van der Waals surface area contributed by atoms with Gasteiger partial charge in [0.25, 0.3) is 0 Å². The highest BCUT2D eigenvalue weighted by Gasteiger charge is 2.44. The molecule has 2 aromatic rings. The van der Waals surface area contributed by atoms with Gasteiger partial charge in [-0.05, 0) is 12.8 Å². The van der Waals surface area contributed by atoms with E-state index in [2.05, 4.69) is 5.16 Å². The molecule has 6 nitrogen and oxygen atoms in total. The largest absolute Gasteiger partial charge is 0.361 e. The van der Waals surface area contributed by atoms with Crippen LogP contribution in [0.4, 0.5) is 0 Å². The van der Waals surface area contributed by atoms with Gasteiger partial charge in [0.2, 0.25) is 11.8 Å². The number of rotatable bonds is 4. The molecule has 0 saturated carbocycles. The highest BCUT2D eigenvalue weighted by Crippen LogP contribution is 2.36. The standard InChI is InChI=1S/C20H25N3O3/c1-15(24)23-11-7-10-20(14-23,19(25)22(2)3)13-17-12-18(21-26-17)16-8-5-4-6-9-16/h4-6,8-9,12H,7,10-11,13-14H2,1-3H3/t20-/m1/s1. The number of piperidine rings is 1. The van der Waals surface area contributed by atoms with Gasteiger partial charge < -0.3 is 14.3 Å². The summed E-state index contributed by atoms with van der Waals surface area (Å²) in [5.74, 6) is 0.703. The van der Waals surface area contributed by atoms with E-state index in [1.807, 2.05) is 36.4 Å². The molecule has 138 valence electrons. The summed E-state index contributed by atoms with van der Waals surface area (Å²) in [6.45, 7) is 2.67. The Morgan fingerprint density at radius 2 is 2.00 bits per heavy atom. The molecule has 26 heavy (non-hydrogen) atoms. The zero-order valence-corrected chi connectivity index (χ0v) is 15.6. The number of hydrogen-bond donors (Lipinski definition) is 0. The first-order chi connectivity index (χ1) is 12.4. The van der Waals surface area contributed by atoms with Crippen molar-refractivity contribution in [3.63, 3.8) is 0 Å².